The van der Waals surface area contributed by atoms with Crippen LogP contribution in [0, 0.1) is 0 Å². The van der Waals surface area contributed by atoms with Crippen molar-refractivity contribution < 1.29 is 4.79 Å². The lowest BCUT2D eigenvalue weighted by molar-refractivity contribution is -0.113. The lowest BCUT2D eigenvalue weighted by atomic mass is 10.3. The van der Waals surface area contributed by atoms with Gasteiger partial charge in [0.05, 0.1) is 22.8 Å². The number of carbonyl (C=O) groups excluding carboxylic acids is 1. The lowest BCUT2D eigenvalue weighted by Gasteiger charge is -2.05. The fourth-order valence-corrected chi connectivity index (χ4v) is 3.01. The predicted molar refractivity (Wildman–Crippen MR) is 84.4 cm³/mol. The molecule has 118 valence electrons. The molecule has 0 bridgehead atoms. The minimum absolute atomic E-state index is 0.155. The topological polar surface area (TPSA) is 121 Å². The van der Waals surface area contributed by atoms with Gasteiger partial charge >= 0.3 is 5.69 Å². The molecule has 0 saturated heterocycles. The highest BCUT2D eigenvalue weighted by molar-refractivity contribution is 7.99. The smallest absolute Gasteiger partial charge is 0.323 e. The third-order valence-corrected chi connectivity index (χ3v) is 4.42. The largest absolute Gasteiger partial charge is 0.325 e. The summed E-state index contributed by atoms with van der Waals surface area (Å²) in [5.41, 5.74) is 1.70. The van der Waals surface area contributed by atoms with E-state index in [0.717, 1.165) is 12.8 Å². The van der Waals surface area contributed by atoms with Crippen molar-refractivity contribution in [2.45, 2.75) is 24.0 Å². The normalized spacial score (nSPS) is 14.3. The molecule has 23 heavy (non-hydrogen) atoms. The third-order valence-electron chi connectivity index (χ3n) is 3.49. The van der Waals surface area contributed by atoms with Crippen molar-refractivity contribution in [1.82, 2.24) is 30.2 Å². The zero-order valence-corrected chi connectivity index (χ0v) is 12.8. The maximum atomic E-state index is 12.1. The molecule has 9 nitrogen and oxygen atoms in total. The maximum Gasteiger partial charge on any atom is 0.323 e. The van der Waals surface area contributed by atoms with Crippen molar-refractivity contribution in [3.05, 3.63) is 28.7 Å². The molecule has 0 aliphatic heterocycles. The molecule has 0 radical (unpaired) electrons. The van der Waals surface area contributed by atoms with Gasteiger partial charge < -0.3 is 15.3 Å². The average Bonchev–Trinajstić information content (AvgIpc) is 3.14. The number of rotatable bonds is 5. The van der Waals surface area contributed by atoms with E-state index in [0.29, 0.717) is 27.9 Å². The van der Waals surface area contributed by atoms with Crippen molar-refractivity contribution in [3.8, 4) is 0 Å². The van der Waals surface area contributed by atoms with Gasteiger partial charge in [0.1, 0.15) is 0 Å². The van der Waals surface area contributed by atoms with Crippen LogP contribution in [0.15, 0.2) is 28.2 Å². The summed E-state index contributed by atoms with van der Waals surface area (Å²) in [6, 6.07) is 5.57. The van der Waals surface area contributed by atoms with E-state index in [4.69, 9.17) is 0 Å². The second kappa shape index (κ2) is 5.54. The van der Waals surface area contributed by atoms with E-state index in [2.05, 4.69) is 30.8 Å². The van der Waals surface area contributed by atoms with Crippen molar-refractivity contribution in [1.29, 1.82) is 0 Å². The van der Waals surface area contributed by atoms with Crippen molar-refractivity contribution in [3.63, 3.8) is 0 Å². The molecule has 2 aromatic heterocycles. The first-order chi connectivity index (χ1) is 11.2. The monoisotopic (exact) mass is 331 g/mol. The Labute approximate surface area is 133 Å². The Bertz CT molecular complexity index is 924. The van der Waals surface area contributed by atoms with Crippen LogP contribution in [-0.2, 0) is 4.79 Å². The average molecular weight is 331 g/mol. The van der Waals surface area contributed by atoms with Gasteiger partial charge in [0.25, 0.3) is 0 Å². The Morgan fingerprint density at radius 2 is 2.17 bits per heavy atom. The van der Waals surface area contributed by atoms with Crippen LogP contribution in [0.5, 0.6) is 0 Å². The molecule has 1 saturated carbocycles. The zero-order chi connectivity index (χ0) is 15.8. The van der Waals surface area contributed by atoms with E-state index in [9.17, 15) is 9.59 Å². The zero-order valence-electron chi connectivity index (χ0n) is 11.9. The molecule has 1 amide bonds. The van der Waals surface area contributed by atoms with E-state index in [1.54, 1.807) is 22.9 Å². The maximum absolute atomic E-state index is 12.1. The molecule has 0 atom stereocenters. The first-order valence-electron chi connectivity index (χ1n) is 7.11. The second-order valence-electron chi connectivity index (χ2n) is 5.31. The molecule has 3 aromatic rings. The first kappa shape index (κ1) is 14.0. The molecule has 1 fully saturated rings. The standard InChI is InChI=1S/C13H13N7O2S/c21-11(6-23-13-17-18-19-20(13)8-2-3-8)14-7-1-4-9-10(5-7)16-12(22)15-9/h1,4-5,8H,2-3,6H2,(H,14,21)(H2,15,16,22). The molecular weight excluding hydrogens is 318 g/mol. The number of imidazole rings is 1. The van der Waals surface area contributed by atoms with Gasteiger partial charge in [-0.15, -0.1) is 5.10 Å². The van der Waals surface area contributed by atoms with Gasteiger partial charge in [-0.1, -0.05) is 11.8 Å². The van der Waals surface area contributed by atoms with E-state index < -0.39 is 0 Å². The summed E-state index contributed by atoms with van der Waals surface area (Å²) >= 11 is 1.31. The number of nitrogens with zero attached hydrogens (tertiary/aromatic N) is 4. The van der Waals surface area contributed by atoms with Crippen molar-refractivity contribution in [2.24, 2.45) is 0 Å². The molecule has 0 spiro atoms. The summed E-state index contributed by atoms with van der Waals surface area (Å²) in [6.45, 7) is 0. The molecule has 10 heteroatoms. The summed E-state index contributed by atoms with van der Waals surface area (Å²) in [7, 11) is 0. The van der Waals surface area contributed by atoms with E-state index in [1.165, 1.54) is 11.8 Å². The number of benzene rings is 1. The summed E-state index contributed by atoms with van der Waals surface area (Å²) in [5.74, 6) is 0.0620. The summed E-state index contributed by atoms with van der Waals surface area (Å²) in [6.07, 6.45) is 2.17. The fourth-order valence-electron chi connectivity index (χ4n) is 2.27. The summed E-state index contributed by atoms with van der Waals surface area (Å²) in [5, 5.41) is 15.0. The molecule has 3 N–H and O–H groups in total. The van der Waals surface area contributed by atoms with Gasteiger partial charge in [0.2, 0.25) is 11.1 Å². The molecule has 0 unspecified atom stereocenters. The van der Waals surface area contributed by atoms with Gasteiger partial charge in [-0.2, -0.15) is 0 Å². The number of anilines is 1. The van der Waals surface area contributed by atoms with Gasteiger partial charge in [0, 0.05) is 5.69 Å². The number of H-pyrrole nitrogens is 2. The van der Waals surface area contributed by atoms with E-state index >= 15 is 0 Å². The highest BCUT2D eigenvalue weighted by atomic mass is 32.2. The summed E-state index contributed by atoms with van der Waals surface area (Å²) < 4.78 is 1.77. The number of carbonyl (C=O) groups is 1. The number of aromatic nitrogens is 6. The Morgan fingerprint density at radius 1 is 1.35 bits per heavy atom. The van der Waals surface area contributed by atoms with Crippen LogP contribution < -0.4 is 11.0 Å². The van der Waals surface area contributed by atoms with Crippen LogP contribution in [0.2, 0.25) is 0 Å². The van der Waals surface area contributed by atoms with Crippen molar-refractivity contribution >= 4 is 34.4 Å². The number of fused-ring (bicyclic) bond motifs is 1. The first-order valence-corrected chi connectivity index (χ1v) is 8.10. The van der Waals surface area contributed by atoms with Crippen molar-refractivity contribution in [2.75, 3.05) is 11.1 Å². The Balaban J connectivity index is 1.40. The van der Waals surface area contributed by atoms with Crippen LogP contribution in [0.3, 0.4) is 0 Å². The number of thioether (sulfide) groups is 1. The predicted octanol–water partition coefficient (Wildman–Crippen LogP) is 0.908. The van der Waals surface area contributed by atoms with E-state index in [1.807, 2.05) is 0 Å². The Kier molecular flexibility index (Phi) is 3.37. The number of hydrogen-bond donors (Lipinski definition) is 3. The molecule has 1 aliphatic carbocycles. The van der Waals surface area contributed by atoms with Crippen LogP contribution in [-0.4, -0.2) is 41.8 Å². The summed E-state index contributed by atoms with van der Waals surface area (Å²) in [4.78, 5) is 28.6. The molecular formula is C13H13N7O2S. The Hall–Kier alpha value is -2.62. The van der Waals surface area contributed by atoms with Gasteiger partial charge in [-0.3, -0.25) is 4.79 Å². The van der Waals surface area contributed by atoms with Gasteiger partial charge in [-0.05, 0) is 41.5 Å². The highest BCUT2D eigenvalue weighted by Crippen LogP contribution is 2.36. The minimum Gasteiger partial charge on any atom is -0.325 e. The number of tetrazole rings is 1. The number of hydrogen-bond acceptors (Lipinski definition) is 6. The van der Waals surface area contributed by atoms with E-state index in [-0.39, 0.29) is 17.3 Å². The van der Waals surface area contributed by atoms with Gasteiger partial charge in [0.15, 0.2) is 0 Å². The molecule has 2 heterocycles. The van der Waals surface area contributed by atoms with Crippen LogP contribution in [0.25, 0.3) is 11.0 Å². The number of nitrogens with one attached hydrogen (secondary N) is 3. The van der Waals surface area contributed by atoms with Crippen LogP contribution in [0.4, 0.5) is 5.69 Å². The molecule has 1 aliphatic rings. The number of amides is 1. The minimum atomic E-state index is -0.272. The molecule has 4 rings (SSSR count). The highest BCUT2D eigenvalue weighted by Gasteiger charge is 2.28. The fraction of sp³-hybridized carbons (Fsp3) is 0.308. The SMILES string of the molecule is O=C(CSc1nnnn1C1CC1)Nc1ccc2[nH]c(=O)[nH]c2c1. The number of aromatic amines is 2. The quantitative estimate of drug-likeness (QED) is 0.597. The van der Waals surface area contributed by atoms with Crippen LogP contribution in [0.1, 0.15) is 18.9 Å². The molecule has 1 aromatic carbocycles. The van der Waals surface area contributed by atoms with Crippen LogP contribution >= 0.6 is 11.8 Å². The Morgan fingerprint density at radius 3 is 3.00 bits per heavy atom. The third kappa shape index (κ3) is 2.97. The second-order valence-corrected chi connectivity index (χ2v) is 6.26. The lowest BCUT2D eigenvalue weighted by Crippen LogP contribution is -2.14. The van der Waals surface area contributed by atoms with Gasteiger partial charge in [-0.25, -0.2) is 9.48 Å².